The molecule has 2 fully saturated rings. The van der Waals surface area contributed by atoms with Gasteiger partial charge in [-0.05, 0) is 48.8 Å². The van der Waals surface area contributed by atoms with Gasteiger partial charge in [-0.15, -0.1) is 0 Å². The Hall–Kier alpha value is -1.20. The first-order valence-corrected chi connectivity index (χ1v) is 13.3. The van der Waals surface area contributed by atoms with Gasteiger partial charge in [-0.3, -0.25) is 13.6 Å². The van der Waals surface area contributed by atoms with Crippen LogP contribution in [0, 0.1) is 11.8 Å². The topological polar surface area (TPSA) is 138 Å². The minimum Gasteiger partial charge on any atom is -0.493 e. The highest BCUT2D eigenvalue weighted by Crippen LogP contribution is 3.00. The SMILES string of the molecule is CC(C)CCC[C@H](C)CCOc1ccc(CCC(N)(CO)C(O)(O)C23OP2(=O)O3)cc1C(F)(F)F. The second kappa shape index (κ2) is 9.93. The molecular formula is C23H35F3NO7P. The van der Waals surface area contributed by atoms with Crippen molar-refractivity contribution in [1.82, 2.24) is 0 Å². The number of rotatable bonds is 14. The number of aryl methyl sites for hydroxylation is 1. The average molecular weight is 526 g/mol. The van der Waals surface area contributed by atoms with Gasteiger partial charge >= 0.3 is 19.3 Å². The van der Waals surface area contributed by atoms with Gasteiger partial charge in [0.2, 0.25) is 0 Å². The Morgan fingerprint density at radius 3 is 2.29 bits per heavy atom. The molecule has 5 N–H and O–H groups in total. The first kappa shape index (κ1) is 28.4. The molecular weight excluding hydrogens is 490 g/mol. The highest BCUT2D eigenvalue weighted by Gasteiger charge is 3.01. The fraction of sp³-hybridized carbons (Fsp3) is 0.739. The van der Waals surface area contributed by atoms with E-state index in [1.54, 1.807) is 0 Å². The van der Waals surface area contributed by atoms with E-state index in [1.165, 1.54) is 12.1 Å². The summed E-state index contributed by atoms with van der Waals surface area (Å²) in [5.74, 6) is -2.33. The first-order valence-electron chi connectivity index (χ1n) is 11.8. The molecule has 1 aromatic rings. The maximum absolute atomic E-state index is 13.7. The summed E-state index contributed by atoms with van der Waals surface area (Å²) in [6.07, 6.45) is -1.36. The van der Waals surface area contributed by atoms with Crippen LogP contribution in [0.3, 0.4) is 0 Å². The molecule has 12 heteroatoms. The predicted octanol–water partition coefficient (Wildman–Crippen LogP) is 4.15. The van der Waals surface area contributed by atoms with Crippen molar-refractivity contribution >= 4 is 7.60 Å². The van der Waals surface area contributed by atoms with Gasteiger partial charge in [0.1, 0.15) is 5.75 Å². The van der Waals surface area contributed by atoms with E-state index in [2.05, 4.69) is 29.8 Å². The minimum absolute atomic E-state index is 0.142. The number of benzene rings is 1. The third kappa shape index (κ3) is 5.71. The van der Waals surface area contributed by atoms with Crippen LogP contribution in [0.5, 0.6) is 5.75 Å². The van der Waals surface area contributed by atoms with Gasteiger partial charge < -0.3 is 25.8 Å². The van der Waals surface area contributed by atoms with E-state index in [0.717, 1.165) is 25.3 Å². The summed E-state index contributed by atoms with van der Waals surface area (Å²) in [7, 11) is -3.60. The molecule has 2 heterocycles. The number of aliphatic hydroxyl groups is 3. The van der Waals surface area contributed by atoms with E-state index >= 15 is 0 Å². The Balaban J connectivity index is 1.62. The van der Waals surface area contributed by atoms with Gasteiger partial charge in [0.25, 0.3) is 5.79 Å². The van der Waals surface area contributed by atoms with Crippen LogP contribution in [0.4, 0.5) is 13.2 Å². The van der Waals surface area contributed by atoms with E-state index in [-0.39, 0.29) is 30.8 Å². The molecule has 35 heavy (non-hydrogen) atoms. The van der Waals surface area contributed by atoms with Gasteiger partial charge in [-0.2, -0.15) is 13.2 Å². The number of halogens is 3. The van der Waals surface area contributed by atoms with Crippen molar-refractivity contribution in [3.8, 4) is 5.75 Å². The molecule has 0 bridgehead atoms. The zero-order valence-corrected chi connectivity index (χ0v) is 21.1. The van der Waals surface area contributed by atoms with Crippen LogP contribution >= 0.6 is 7.60 Å². The van der Waals surface area contributed by atoms with E-state index in [1.807, 2.05) is 0 Å². The number of nitrogens with two attached hydrogens (primary N) is 1. The molecule has 3 rings (SSSR count). The highest BCUT2D eigenvalue weighted by atomic mass is 31.2. The number of fused-ring (bicyclic) bond motifs is 1. The highest BCUT2D eigenvalue weighted by molar-refractivity contribution is 7.68. The molecule has 2 saturated heterocycles. The number of alkyl halides is 3. The number of ether oxygens (including phenoxy) is 1. The van der Waals surface area contributed by atoms with Crippen LogP contribution in [0.2, 0.25) is 0 Å². The van der Waals surface area contributed by atoms with Crippen molar-refractivity contribution in [3.63, 3.8) is 0 Å². The van der Waals surface area contributed by atoms with Crippen LogP contribution in [0.1, 0.15) is 64.0 Å². The summed E-state index contributed by atoms with van der Waals surface area (Å²) >= 11 is 0. The lowest BCUT2D eigenvalue weighted by molar-refractivity contribution is -0.290. The van der Waals surface area contributed by atoms with Crippen molar-refractivity contribution < 1.29 is 46.8 Å². The minimum atomic E-state index is -4.67. The maximum Gasteiger partial charge on any atom is 0.419 e. The molecule has 0 saturated carbocycles. The van der Waals surface area contributed by atoms with Gasteiger partial charge in [0.15, 0.2) is 0 Å². The monoisotopic (exact) mass is 525 g/mol. The predicted molar refractivity (Wildman–Crippen MR) is 121 cm³/mol. The van der Waals surface area contributed by atoms with Crippen molar-refractivity contribution in [2.24, 2.45) is 17.6 Å². The smallest absolute Gasteiger partial charge is 0.419 e. The number of hydrogen-bond donors (Lipinski definition) is 4. The molecule has 8 nitrogen and oxygen atoms in total. The normalized spacial score (nSPS) is 26.3. The summed E-state index contributed by atoms with van der Waals surface area (Å²) in [5.41, 5.74) is 0.872. The van der Waals surface area contributed by atoms with Gasteiger partial charge in [0.05, 0.1) is 24.3 Å². The van der Waals surface area contributed by atoms with Crippen molar-refractivity contribution in [2.45, 2.75) is 82.3 Å². The largest absolute Gasteiger partial charge is 0.493 e. The summed E-state index contributed by atoms with van der Waals surface area (Å²) in [4.78, 5) is 0. The lowest BCUT2D eigenvalue weighted by Gasteiger charge is -2.38. The maximum atomic E-state index is 13.7. The van der Waals surface area contributed by atoms with Gasteiger partial charge in [-0.25, -0.2) is 0 Å². The lowest BCUT2D eigenvalue weighted by Crippen LogP contribution is -2.68. The standard InChI is InChI=1S/C23H35F3NO7P/c1-15(2)5-4-6-16(3)10-12-32-19-8-7-17(13-18(19)21(24,25)26)9-11-20(27,14-28)22(29,30)23-33-35(23,31)34-23/h7-8,13,15-16,28-30H,4-6,9-12,14,27H2,1-3H3/t16-,20?,23?,35?/m0/s1. The van der Waals surface area contributed by atoms with Crippen LogP contribution in [0.15, 0.2) is 18.2 Å². The molecule has 1 unspecified atom stereocenters. The summed E-state index contributed by atoms with van der Waals surface area (Å²) in [6.45, 7) is 5.55. The first-order chi connectivity index (χ1) is 16.1. The molecule has 0 amide bonds. The van der Waals surface area contributed by atoms with Crippen LogP contribution < -0.4 is 10.5 Å². The van der Waals surface area contributed by atoms with E-state index in [0.29, 0.717) is 18.3 Å². The van der Waals surface area contributed by atoms with Crippen molar-refractivity contribution in [2.75, 3.05) is 13.2 Å². The Labute approximate surface area is 203 Å². The summed E-state index contributed by atoms with van der Waals surface area (Å²) in [5, 5.41) is 30.5. The molecule has 0 radical (unpaired) electrons. The third-order valence-corrected chi connectivity index (χ3v) is 8.63. The third-order valence-electron chi connectivity index (χ3n) is 6.76. The lowest BCUT2D eigenvalue weighted by atomic mass is 9.84. The number of hydrogen-bond acceptors (Lipinski definition) is 8. The second-order valence-electron chi connectivity index (χ2n) is 10.1. The van der Waals surface area contributed by atoms with Crippen LogP contribution in [-0.2, 0) is 26.2 Å². The zero-order valence-electron chi connectivity index (χ0n) is 20.2. The molecule has 2 aliphatic heterocycles. The Bertz CT molecular complexity index is 946. The fourth-order valence-corrected chi connectivity index (χ4v) is 5.97. The average Bonchev–Trinajstić information content (AvgIpc) is 3.57. The molecule has 0 spiro atoms. The Morgan fingerprint density at radius 1 is 1.14 bits per heavy atom. The summed E-state index contributed by atoms with van der Waals surface area (Å²) < 4.78 is 67.7. The van der Waals surface area contributed by atoms with E-state index in [9.17, 15) is 33.1 Å². The summed E-state index contributed by atoms with van der Waals surface area (Å²) in [6, 6.07) is 3.57. The molecule has 2 aliphatic rings. The van der Waals surface area contributed by atoms with E-state index < -0.39 is 42.8 Å². The second-order valence-corrected chi connectivity index (χ2v) is 12.1. The molecule has 1 aromatic carbocycles. The van der Waals surface area contributed by atoms with Crippen LogP contribution in [0.25, 0.3) is 0 Å². The van der Waals surface area contributed by atoms with E-state index in [4.69, 9.17) is 10.5 Å². The quantitative estimate of drug-likeness (QED) is 0.162. The van der Waals surface area contributed by atoms with Gasteiger partial charge in [0, 0.05) is 0 Å². The zero-order chi connectivity index (χ0) is 26.3. The molecule has 0 aromatic heterocycles. The van der Waals surface area contributed by atoms with Crippen LogP contribution in [-0.4, -0.2) is 45.4 Å². The van der Waals surface area contributed by atoms with Gasteiger partial charge in [-0.1, -0.05) is 46.1 Å². The molecule has 2 atom stereocenters. The number of aliphatic hydroxyl groups excluding tert-OH is 1. The molecule has 0 aliphatic carbocycles. The van der Waals surface area contributed by atoms with Crippen molar-refractivity contribution in [1.29, 1.82) is 0 Å². The Morgan fingerprint density at radius 2 is 1.77 bits per heavy atom. The van der Waals surface area contributed by atoms with Crippen molar-refractivity contribution in [3.05, 3.63) is 29.3 Å². The Kier molecular flexibility index (Phi) is 8.05. The molecule has 200 valence electrons. The fourth-order valence-electron chi connectivity index (χ4n) is 4.12.